The Hall–Kier alpha value is -2.65. The minimum atomic E-state index is 0.0339. The van der Waals surface area contributed by atoms with E-state index in [1.807, 2.05) is 34.7 Å². The van der Waals surface area contributed by atoms with Crippen LogP contribution in [0.15, 0.2) is 30.3 Å². The molecule has 9 heteroatoms. The van der Waals surface area contributed by atoms with Crippen molar-refractivity contribution in [3.8, 4) is 11.3 Å². The first-order valence-corrected chi connectivity index (χ1v) is 14.3. The van der Waals surface area contributed by atoms with Crippen LogP contribution >= 0.6 is 11.3 Å². The molecule has 194 valence electrons. The van der Waals surface area contributed by atoms with E-state index >= 15 is 0 Å². The predicted octanol–water partition coefficient (Wildman–Crippen LogP) is 4.49. The van der Waals surface area contributed by atoms with Gasteiger partial charge in [-0.2, -0.15) is 4.52 Å². The Bertz CT molecular complexity index is 1140. The van der Waals surface area contributed by atoms with E-state index in [9.17, 15) is 4.79 Å². The number of hydrogen-bond acceptors (Lipinski definition) is 7. The summed E-state index contributed by atoms with van der Waals surface area (Å²) in [6.07, 6.45) is 8.50. The molecule has 36 heavy (non-hydrogen) atoms. The van der Waals surface area contributed by atoms with Crippen molar-refractivity contribution in [3.63, 3.8) is 0 Å². The molecule has 0 radical (unpaired) electrons. The van der Waals surface area contributed by atoms with Crippen molar-refractivity contribution in [1.82, 2.24) is 24.8 Å². The number of nitrogens with zero attached hydrogens (tertiary/aromatic N) is 5. The Morgan fingerprint density at radius 1 is 1.17 bits per heavy atom. The zero-order valence-electron chi connectivity index (χ0n) is 21.6. The summed E-state index contributed by atoms with van der Waals surface area (Å²) in [4.78, 5) is 22.8. The number of benzene rings is 1. The van der Waals surface area contributed by atoms with Crippen LogP contribution in [-0.4, -0.2) is 71.2 Å². The third-order valence-corrected chi connectivity index (χ3v) is 8.38. The van der Waals surface area contributed by atoms with Gasteiger partial charge in [0.15, 0.2) is 5.82 Å². The summed E-state index contributed by atoms with van der Waals surface area (Å²) in [5.74, 6) is 1.78. The average Bonchev–Trinajstić information content (AvgIpc) is 3.61. The number of carbonyl (C=O) groups is 1. The van der Waals surface area contributed by atoms with Gasteiger partial charge < -0.3 is 20.4 Å². The zero-order valence-corrected chi connectivity index (χ0v) is 22.4. The minimum absolute atomic E-state index is 0.0339. The second-order valence-corrected chi connectivity index (χ2v) is 11.4. The first-order chi connectivity index (χ1) is 17.6. The van der Waals surface area contributed by atoms with Crippen molar-refractivity contribution in [1.29, 1.82) is 0 Å². The third-order valence-electron chi connectivity index (χ3n) is 7.36. The van der Waals surface area contributed by atoms with Crippen LogP contribution in [0.5, 0.6) is 0 Å². The Labute approximate surface area is 218 Å². The molecule has 3 heterocycles. The largest absolute Gasteiger partial charge is 0.365 e. The molecule has 1 saturated carbocycles. The summed E-state index contributed by atoms with van der Waals surface area (Å²) in [5.41, 5.74) is 2.03. The van der Waals surface area contributed by atoms with Crippen molar-refractivity contribution >= 4 is 33.2 Å². The van der Waals surface area contributed by atoms with Crippen LogP contribution in [0.4, 0.5) is 10.9 Å². The van der Waals surface area contributed by atoms with Gasteiger partial charge in [-0.1, -0.05) is 61.4 Å². The number of piperidine rings is 1. The van der Waals surface area contributed by atoms with Gasteiger partial charge in [0, 0.05) is 31.7 Å². The van der Waals surface area contributed by atoms with Crippen LogP contribution in [0.1, 0.15) is 51.9 Å². The number of carbonyl (C=O) groups excluding carboxylic acids is 1. The first kappa shape index (κ1) is 25.0. The SMILES string of the molecule is C[C@@H]1CCCN(CCCNC(=O)CN(C)c2nn3c(NC4CCCC4)c(-c4ccccc4)nc3s2)C1. The van der Waals surface area contributed by atoms with Gasteiger partial charge in [0.1, 0.15) is 5.69 Å². The number of imidazole rings is 1. The van der Waals surface area contributed by atoms with Gasteiger partial charge in [0.25, 0.3) is 0 Å². The highest BCUT2D eigenvalue weighted by atomic mass is 32.1. The molecule has 2 aliphatic rings. The molecule has 2 fully saturated rings. The van der Waals surface area contributed by atoms with Crippen molar-refractivity contribution in [2.45, 2.75) is 57.9 Å². The zero-order chi connectivity index (χ0) is 24.9. The molecule has 0 spiro atoms. The number of anilines is 2. The number of amides is 1. The first-order valence-electron chi connectivity index (χ1n) is 13.5. The summed E-state index contributed by atoms with van der Waals surface area (Å²) in [5, 5.41) is 12.5. The molecule has 1 aromatic carbocycles. The molecule has 5 rings (SSSR count). The van der Waals surface area contributed by atoms with Crippen molar-refractivity contribution < 1.29 is 4.79 Å². The van der Waals surface area contributed by atoms with Crippen LogP contribution in [0.25, 0.3) is 16.2 Å². The third kappa shape index (κ3) is 6.00. The van der Waals surface area contributed by atoms with Gasteiger partial charge >= 0.3 is 0 Å². The molecule has 1 aliphatic carbocycles. The van der Waals surface area contributed by atoms with Gasteiger partial charge in [-0.05, 0) is 51.1 Å². The summed E-state index contributed by atoms with van der Waals surface area (Å²) in [7, 11) is 1.93. The smallest absolute Gasteiger partial charge is 0.239 e. The fourth-order valence-corrected chi connectivity index (χ4v) is 6.30. The molecule has 1 aliphatic heterocycles. The summed E-state index contributed by atoms with van der Waals surface area (Å²) >= 11 is 1.52. The molecule has 2 N–H and O–H groups in total. The van der Waals surface area contributed by atoms with Crippen LogP contribution < -0.4 is 15.5 Å². The van der Waals surface area contributed by atoms with Crippen LogP contribution in [-0.2, 0) is 4.79 Å². The molecule has 1 amide bonds. The molecular weight excluding hydrogens is 470 g/mol. The molecular formula is C27H39N7OS. The van der Waals surface area contributed by atoms with E-state index in [1.165, 1.54) is 63.0 Å². The predicted molar refractivity (Wildman–Crippen MR) is 148 cm³/mol. The lowest BCUT2D eigenvalue weighted by atomic mass is 10.0. The highest BCUT2D eigenvalue weighted by Crippen LogP contribution is 2.35. The second-order valence-electron chi connectivity index (χ2n) is 10.5. The highest BCUT2D eigenvalue weighted by Gasteiger charge is 2.24. The lowest BCUT2D eigenvalue weighted by Gasteiger charge is -2.30. The Morgan fingerprint density at radius 2 is 1.97 bits per heavy atom. The van der Waals surface area contributed by atoms with Crippen LogP contribution in [0.2, 0.25) is 0 Å². The quantitative estimate of drug-likeness (QED) is 0.392. The van der Waals surface area contributed by atoms with E-state index in [-0.39, 0.29) is 12.5 Å². The van der Waals surface area contributed by atoms with Gasteiger partial charge in [0.05, 0.1) is 6.54 Å². The fraction of sp³-hybridized carbons (Fsp3) is 0.593. The second kappa shape index (κ2) is 11.6. The average molecular weight is 510 g/mol. The number of rotatable bonds is 10. The van der Waals surface area contributed by atoms with E-state index in [0.717, 1.165) is 46.1 Å². The summed E-state index contributed by atoms with van der Waals surface area (Å²) in [6.45, 7) is 6.77. The van der Waals surface area contributed by atoms with E-state index in [4.69, 9.17) is 10.1 Å². The normalized spacial score (nSPS) is 19.1. The van der Waals surface area contributed by atoms with E-state index < -0.39 is 0 Å². The topological polar surface area (TPSA) is 77.8 Å². The Balaban J connectivity index is 1.21. The van der Waals surface area contributed by atoms with E-state index in [1.54, 1.807) is 0 Å². The number of aromatic nitrogens is 3. The molecule has 0 bridgehead atoms. The maximum Gasteiger partial charge on any atom is 0.239 e. The van der Waals surface area contributed by atoms with E-state index in [2.05, 4.69) is 34.6 Å². The molecule has 3 aromatic rings. The van der Waals surface area contributed by atoms with Gasteiger partial charge in [-0.25, -0.2) is 4.98 Å². The Morgan fingerprint density at radius 3 is 2.75 bits per heavy atom. The van der Waals surface area contributed by atoms with Crippen molar-refractivity contribution in [3.05, 3.63) is 30.3 Å². The number of nitrogens with one attached hydrogen (secondary N) is 2. The standard InChI is InChI=1S/C27H39N7OS/c1-20-10-8-16-33(18-20)17-9-15-28-23(35)19-32(2)27-31-34-25(29-22-13-6-7-14-22)24(30-26(34)36-27)21-11-4-3-5-12-21/h3-5,11-12,20,22,29H,6-10,13-19H2,1-2H3,(H,28,35)/t20-/m1/s1. The molecule has 1 saturated heterocycles. The molecule has 1 atom stereocenters. The van der Waals surface area contributed by atoms with Gasteiger partial charge in [-0.3, -0.25) is 4.79 Å². The number of fused-ring (bicyclic) bond motifs is 1. The van der Waals surface area contributed by atoms with Gasteiger partial charge in [0.2, 0.25) is 16.0 Å². The lowest BCUT2D eigenvalue weighted by Crippen LogP contribution is -2.38. The summed E-state index contributed by atoms with van der Waals surface area (Å²) in [6, 6.07) is 10.7. The fourth-order valence-electron chi connectivity index (χ4n) is 5.44. The minimum Gasteiger partial charge on any atom is -0.365 e. The highest BCUT2D eigenvalue weighted by molar-refractivity contribution is 7.20. The molecule has 2 aromatic heterocycles. The monoisotopic (exact) mass is 509 g/mol. The molecule has 8 nitrogen and oxygen atoms in total. The lowest BCUT2D eigenvalue weighted by molar-refractivity contribution is -0.119. The van der Waals surface area contributed by atoms with Gasteiger partial charge in [-0.15, -0.1) is 5.10 Å². The number of hydrogen-bond donors (Lipinski definition) is 2. The number of likely N-dealkylation sites (tertiary alicyclic amines) is 1. The maximum absolute atomic E-state index is 12.6. The van der Waals surface area contributed by atoms with E-state index in [0.29, 0.717) is 12.6 Å². The summed E-state index contributed by atoms with van der Waals surface area (Å²) < 4.78 is 1.93. The van der Waals surface area contributed by atoms with Crippen molar-refractivity contribution in [2.75, 3.05) is 50.0 Å². The van der Waals surface area contributed by atoms with Crippen molar-refractivity contribution in [2.24, 2.45) is 5.92 Å². The maximum atomic E-state index is 12.6. The van der Waals surface area contributed by atoms with Crippen LogP contribution in [0, 0.1) is 5.92 Å². The number of likely N-dealkylation sites (N-methyl/N-ethyl adjacent to an activating group) is 1. The molecule has 0 unspecified atom stereocenters. The Kier molecular flexibility index (Phi) is 8.06. The van der Waals surface area contributed by atoms with Crippen LogP contribution in [0.3, 0.4) is 0 Å².